The molecule has 2 aliphatic rings. The first-order valence-corrected chi connectivity index (χ1v) is 8.52. The summed E-state index contributed by atoms with van der Waals surface area (Å²) in [5.74, 6) is 0.436. The second-order valence-electron chi connectivity index (χ2n) is 6.28. The summed E-state index contributed by atoms with van der Waals surface area (Å²) in [4.78, 5) is 30.8. The highest BCUT2D eigenvalue weighted by molar-refractivity contribution is 5.95. The molecule has 2 fully saturated rings. The van der Waals surface area contributed by atoms with Crippen molar-refractivity contribution in [1.82, 2.24) is 15.2 Å². The van der Waals surface area contributed by atoms with Gasteiger partial charge in [-0.05, 0) is 25.0 Å². The number of morpholine rings is 1. The number of hydrogen-bond donors (Lipinski definition) is 2. The van der Waals surface area contributed by atoms with Gasteiger partial charge in [-0.2, -0.15) is 0 Å². The number of nitrogens with zero attached hydrogens (tertiary/aromatic N) is 2. The van der Waals surface area contributed by atoms with Gasteiger partial charge in [-0.1, -0.05) is 12.8 Å². The fourth-order valence-corrected chi connectivity index (χ4v) is 3.24. The van der Waals surface area contributed by atoms with E-state index in [0.717, 1.165) is 25.7 Å². The highest BCUT2D eigenvalue weighted by atomic mass is 16.5. The molecular formula is C17H24N4O3. The smallest absolute Gasteiger partial charge is 0.254 e. The molecule has 0 radical (unpaired) electrons. The van der Waals surface area contributed by atoms with Crippen molar-refractivity contribution in [3.05, 3.63) is 23.9 Å². The minimum atomic E-state index is -0.589. The molecule has 0 bridgehead atoms. The molecule has 24 heavy (non-hydrogen) atoms. The van der Waals surface area contributed by atoms with Crippen LogP contribution < -0.4 is 10.6 Å². The van der Waals surface area contributed by atoms with Crippen LogP contribution in [0, 0.1) is 0 Å². The van der Waals surface area contributed by atoms with E-state index in [1.807, 2.05) is 0 Å². The molecule has 7 nitrogen and oxygen atoms in total. The summed E-state index contributed by atoms with van der Waals surface area (Å²) in [7, 11) is 1.76. The van der Waals surface area contributed by atoms with Gasteiger partial charge in [0.25, 0.3) is 11.8 Å². The van der Waals surface area contributed by atoms with Crippen LogP contribution in [0.25, 0.3) is 0 Å². The van der Waals surface area contributed by atoms with Crippen molar-refractivity contribution in [1.29, 1.82) is 0 Å². The van der Waals surface area contributed by atoms with Crippen LogP contribution in [0.4, 0.5) is 5.82 Å². The van der Waals surface area contributed by atoms with Gasteiger partial charge in [0.15, 0.2) is 6.10 Å². The molecule has 2 heterocycles. The molecule has 1 atom stereocenters. The van der Waals surface area contributed by atoms with Gasteiger partial charge in [0.1, 0.15) is 5.82 Å². The molecule has 1 aromatic rings. The van der Waals surface area contributed by atoms with Crippen LogP contribution in [-0.2, 0) is 9.53 Å². The van der Waals surface area contributed by atoms with E-state index >= 15 is 0 Å². The Morgan fingerprint density at radius 3 is 2.88 bits per heavy atom. The maximum atomic E-state index is 12.7. The van der Waals surface area contributed by atoms with Crippen LogP contribution >= 0.6 is 0 Å². The third-order valence-corrected chi connectivity index (χ3v) is 4.61. The standard InChI is InChI=1S/C17H24N4O3/c1-18-15-10-12(6-7-19-15)17(23)21-8-9-24-14(11-21)16(22)20-13-4-2-3-5-13/h6-7,10,13-14H,2-5,8-9,11H2,1H3,(H,18,19)(H,20,22)/t14-/m1/s1. The average molecular weight is 332 g/mol. The quantitative estimate of drug-likeness (QED) is 0.860. The first-order valence-electron chi connectivity index (χ1n) is 8.52. The van der Waals surface area contributed by atoms with Crippen molar-refractivity contribution >= 4 is 17.6 Å². The molecule has 7 heteroatoms. The predicted molar refractivity (Wildman–Crippen MR) is 89.8 cm³/mol. The van der Waals surface area contributed by atoms with Gasteiger partial charge in [-0.3, -0.25) is 9.59 Å². The highest BCUT2D eigenvalue weighted by Crippen LogP contribution is 2.18. The number of ether oxygens (including phenoxy) is 1. The minimum absolute atomic E-state index is 0.101. The van der Waals surface area contributed by atoms with Gasteiger partial charge in [-0.15, -0.1) is 0 Å². The first-order chi connectivity index (χ1) is 11.7. The maximum Gasteiger partial charge on any atom is 0.254 e. The molecule has 1 aliphatic heterocycles. The van der Waals surface area contributed by atoms with Crippen LogP contribution in [0.2, 0.25) is 0 Å². The number of pyridine rings is 1. The molecule has 1 aliphatic carbocycles. The molecule has 1 saturated heterocycles. The van der Waals surface area contributed by atoms with Gasteiger partial charge >= 0.3 is 0 Å². The van der Waals surface area contributed by atoms with E-state index in [1.54, 1.807) is 30.3 Å². The Morgan fingerprint density at radius 1 is 1.33 bits per heavy atom. The van der Waals surface area contributed by atoms with E-state index < -0.39 is 6.10 Å². The Bertz CT molecular complexity index is 601. The molecule has 130 valence electrons. The number of aromatic nitrogens is 1. The third kappa shape index (κ3) is 3.84. The highest BCUT2D eigenvalue weighted by Gasteiger charge is 2.31. The van der Waals surface area contributed by atoms with E-state index in [-0.39, 0.29) is 24.4 Å². The zero-order chi connectivity index (χ0) is 16.9. The third-order valence-electron chi connectivity index (χ3n) is 4.61. The maximum absolute atomic E-state index is 12.7. The normalized spacial score (nSPS) is 21.5. The molecule has 1 saturated carbocycles. The van der Waals surface area contributed by atoms with Gasteiger partial charge in [0.2, 0.25) is 0 Å². The Morgan fingerprint density at radius 2 is 2.12 bits per heavy atom. The second-order valence-corrected chi connectivity index (χ2v) is 6.28. The summed E-state index contributed by atoms with van der Waals surface area (Å²) in [6.07, 6.45) is 5.40. The van der Waals surface area contributed by atoms with Gasteiger partial charge in [0.05, 0.1) is 13.2 Å². The summed E-state index contributed by atoms with van der Waals surface area (Å²) in [5, 5.41) is 5.97. The summed E-state index contributed by atoms with van der Waals surface area (Å²) in [5.41, 5.74) is 0.561. The summed E-state index contributed by atoms with van der Waals surface area (Å²) in [6.45, 7) is 1.15. The monoisotopic (exact) mass is 332 g/mol. The topological polar surface area (TPSA) is 83.6 Å². The molecule has 2 amide bonds. The van der Waals surface area contributed by atoms with Gasteiger partial charge in [-0.25, -0.2) is 4.98 Å². The lowest BCUT2D eigenvalue weighted by Gasteiger charge is -2.32. The second kappa shape index (κ2) is 7.61. The van der Waals surface area contributed by atoms with Crippen molar-refractivity contribution in [2.45, 2.75) is 37.8 Å². The Hall–Kier alpha value is -2.15. The molecular weight excluding hydrogens is 308 g/mol. The zero-order valence-electron chi connectivity index (χ0n) is 14.0. The van der Waals surface area contributed by atoms with Crippen molar-refractivity contribution in [3.8, 4) is 0 Å². The molecule has 2 N–H and O–H groups in total. The first kappa shape index (κ1) is 16.7. The number of rotatable bonds is 4. The van der Waals surface area contributed by atoms with Crippen molar-refractivity contribution in [3.63, 3.8) is 0 Å². The van der Waals surface area contributed by atoms with Crippen molar-refractivity contribution < 1.29 is 14.3 Å². The molecule has 0 aromatic carbocycles. The van der Waals surface area contributed by atoms with E-state index in [4.69, 9.17) is 4.74 Å². The molecule has 3 rings (SSSR count). The lowest BCUT2D eigenvalue weighted by molar-refractivity contribution is -0.137. The molecule has 0 unspecified atom stereocenters. The van der Waals surface area contributed by atoms with Crippen LogP contribution in [0.1, 0.15) is 36.0 Å². The lowest BCUT2D eigenvalue weighted by Crippen LogP contribution is -2.52. The van der Waals surface area contributed by atoms with E-state index in [1.165, 1.54) is 0 Å². The van der Waals surface area contributed by atoms with Gasteiger partial charge < -0.3 is 20.3 Å². The minimum Gasteiger partial charge on any atom is -0.373 e. The van der Waals surface area contributed by atoms with Crippen LogP contribution in [-0.4, -0.2) is 60.6 Å². The van der Waals surface area contributed by atoms with Crippen molar-refractivity contribution in [2.75, 3.05) is 32.1 Å². The van der Waals surface area contributed by atoms with E-state index in [0.29, 0.717) is 24.5 Å². The zero-order valence-corrected chi connectivity index (χ0v) is 14.0. The number of carbonyl (C=O) groups is 2. The SMILES string of the molecule is CNc1cc(C(=O)N2CCO[C@@H](C(=O)NC3CCCC3)C2)ccn1. The predicted octanol–water partition coefficient (Wildman–Crippen LogP) is 1.02. The largest absolute Gasteiger partial charge is 0.373 e. The molecule has 1 aromatic heterocycles. The van der Waals surface area contributed by atoms with Gasteiger partial charge in [0, 0.05) is 31.4 Å². The number of nitrogens with one attached hydrogen (secondary N) is 2. The number of hydrogen-bond acceptors (Lipinski definition) is 5. The van der Waals surface area contributed by atoms with Crippen LogP contribution in [0.3, 0.4) is 0 Å². The number of amides is 2. The number of carbonyl (C=O) groups excluding carboxylic acids is 2. The van der Waals surface area contributed by atoms with Crippen molar-refractivity contribution in [2.24, 2.45) is 0 Å². The Balaban J connectivity index is 1.61. The fraction of sp³-hybridized carbons (Fsp3) is 0.588. The lowest BCUT2D eigenvalue weighted by atomic mass is 10.1. The average Bonchev–Trinajstić information content (AvgIpc) is 3.14. The van der Waals surface area contributed by atoms with E-state index in [2.05, 4.69) is 15.6 Å². The van der Waals surface area contributed by atoms with Crippen LogP contribution in [0.5, 0.6) is 0 Å². The summed E-state index contributed by atoms with van der Waals surface area (Å²) < 4.78 is 5.58. The summed E-state index contributed by atoms with van der Waals surface area (Å²) in [6, 6.07) is 3.66. The van der Waals surface area contributed by atoms with Crippen LogP contribution in [0.15, 0.2) is 18.3 Å². The molecule has 0 spiro atoms. The number of anilines is 1. The summed E-state index contributed by atoms with van der Waals surface area (Å²) >= 11 is 0. The van der Waals surface area contributed by atoms with E-state index in [9.17, 15) is 9.59 Å². The fourth-order valence-electron chi connectivity index (χ4n) is 3.24. The Kier molecular flexibility index (Phi) is 5.30. The Labute approximate surface area is 141 Å².